The zero-order chi connectivity index (χ0) is 13.5. The van der Waals surface area contributed by atoms with Crippen LogP contribution in [-0.4, -0.2) is 17.7 Å². The lowest BCUT2D eigenvalue weighted by atomic mass is 10.2. The smallest absolute Gasteiger partial charge is 0.230 e. The van der Waals surface area contributed by atoms with Crippen molar-refractivity contribution in [3.05, 3.63) is 24.0 Å². The molecule has 5 heteroatoms. The van der Waals surface area contributed by atoms with Gasteiger partial charge < -0.3 is 11.1 Å². The van der Waals surface area contributed by atoms with E-state index in [9.17, 15) is 9.18 Å². The molecule has 3 nitrogen and oxygen atoms in total. The van der Waals surface area contributed by atoms with Crippen molar-refractivity contribution in [2.24, 2.45) is 0 Å². The van der Waals surface area contributed by atoms with Crippen LogP contribution in [0.25, 0.3) is 0 Å². The average Bonchev–Trinajstić information content (AvgIpc) is 2.28. The van der Waals surface area contributed by atoms with E-state index >= 15 is 0 Å². The number of anilines is 1. The van der Waals surface area contributed by atoms with E-state index in [1.807, 2.05) is 6.92 Å². The Morgan fingerprint density at radius 2 is 2.28 bits per heavy atom. The molecule has 1 rings (SSSR count). The molecule has 1 atom stereocenters. The highest BCUT2D eigenvalue weighted by Gasteiger charge is 2.08. The van der Waals surface area contributed by atoms with Crippen LogP contribution in [0.5, 0.6) is 0 Å². The number of hydrogen-bond donors (Lipinski definition) is 2. The maximum absolute atomic E-state index is 12.8. The molecule has 1 amide bonds. The highest BCUT2D eigenvalue weighted by molar-refractivity contribution is 8.00. The van der Waals surface area contributed by atoms with Gasteiger partial charge in [-0.05, 0) is 31.5 Å². The minimum Gasteiger partial charge on any atom is -0.398 e. The van der Waals surface area contributed by atoms with Gasteiger partial charge in [0.1, 0.15) is 5.82 Å². The van der Waals surface area contributed by atoms with Crippen molar-refractivity contribution in [1.29, 1.82) is 0 Å². The lowest BCUT2D eigenvalue weighted by Gasteiger charge is -2.12. The highest BCUT2D eigenvalue weighted by atomic mass is 32.2. The van der Waals surface area contributed by atoms with Gasteiger partial charge in [0.05, 0.1) is 5.75 Å². The van der Waals surface area contributed by atoms with E-state index < -0.39 is 0 Å². The van der Waals surface area contributed by atoms with Gasteiger partial charge in [-0.15, -0.1) is 11.8 Å². The van der Waals surface area contributed by atoms with Crippen LogP contribution in [0.1, 0.15) is 26.7 Å². The molecule has 0 spiro atoms. The molecule has 0 aliphatic heterocycles. The van der Waals surface area contributed by atoms with Crippen LogP contribution in [0, 0.1) is 5.82 Å². The molecule has 0 fully saturated rings. The Morgan fingerprint density at radius 1 is 1.56 bits per heavy atom. The predicted molar refractivity (Wildman–Crippen MR) is 74.0 cm³/mol. The first kappa shape index (κ1) is 14.8. The topological polar surface area (TPSA) is 55.1 Å². The summed E-state index contributed by atoms with van der Waals surface area (Å²) in [5.41, 5.74) is 6.03. The van der Waals surface area contributed by atoms with E-state index in [2.05, 4.69) is 12.2 Å². The second-order valence-corrected chi connectivity index (χ2v) is 5.25. The van der Waals surface area contributed by atoms with Crippen LogP contribution in [-0.2, 0) is 4.79 Å². The van der Waals surface area contributed by atoms with Crippen LogP contribution in [0.15, 0.2) is 23.1 Å². The molecule has 100 valence electrons. The van der Waals surface area contributed by atoms with Gasteiger partial charge in [-0.1, -0.05) is 13.3 Å². The lowest BCUT2D eigenvalue weighted by Crippen LogP contribution is -2.33. The first-order valence-corrected chi connectivity index (χ1v) is 6.98. The monoisotopic (exact) mass is 270 g/mol. The number of hydrogen-bond acceptors (Lipinski definition) is 3. The van der Waals surface area contributed by atoms with Gasteiger partial charge in [0, 0.05) is 16.6 Å². The summed E-state index contributed by atoms with van der Waals surface area (Å²) in [5.74, 6) is -0.0910. The summed E-state index contributed by atoms with van der Waals surface area (Å²) < 4.78 is 12.8. The zero-order valence-corrected chi connectivity index (χ0v) is 11.5. The van der Waals surface area contributed by atoms with Gasteiger partial charge in [-0.25, -0.2) is 4.39 Å². The third-order valence-electron chi connectivity index (χ3n) is 2.46. The molecule has 0 aliphatic rings. The fourth-order valence-corrected chi connectivity index (χ4v) is 2.38. The number of halogens is 1. The quantitative estimate of drug-likeness (QED) is 0.617. The number of nitrogens with one attached hydrogen (secondary N) is 1. The summed E-state index contributed by atoms with van der Waals surface area (Å²) in [7, 11) is 0. The molecule has 0 aliphatic carbocycles. The molecule has 0 heterocycles. The second kappa shape index (κ2) is 7.26. The molecule has 3 N–H and O–H groups in total. The summed E-state index contributed by atoms with van der Waals surface area (Å²) >= 11 is 1.32. The van der Waals surface area contributed by atoms with Crippen LogP contribution < -0.4 is 11.1 Å². The van der Waals surface area contributed by atoms with Gasteiger partial charge >= 0.3 is 0 Å². The van der Waals surface area contributed by atoms with Gasteiger partial charge in [0.2, 0.25) is 5.91 Å². The molecule has 0 bridgehead atoms. The maximum atomic E-state index is 12.8. The predicted octanol–water partition coefficient (Wildman–Crippen LogP) is 2.80. The summed E-state index contributed by atoms with van der Waals surface area (Å²) in [5, 5.41) is 2.91. The third kappa shape index (κ3) is 4.96. The normalized spacial score (nSPS) is 12.2. The van der Waals surface area contributed by atoms with Gasteiger partial charge in [-0.3, -0.25) is 4.79 Å². The van der Waals surface area contributed by atoms with Crippen molar-refractivity contribution < 1.29 is 9.18 Å². The Balaban J connectivity index is 2.42. The minimum atomic E-state index is -0.363. The van der Waals surface area contributed by atoms with Crippen molar-refractivity contribution in [2.75, 3.05) is 11.5 Å². The first-order valence-electron chi connectivity index (χ1n) is 6.00. The Kier molecular flexibility index (Phi) is 5.98. The molecule has 0 radical (unpaired) electrons. The van der Waals surface area contributed by atoms with E-state index in [0.29, 0.717) is 11.4 Å². The summed E-state index contributed by atoms with van der Waals surface area (Å²) in [6.45, 7) is 4.06. The molecule has 0 saturated carbocycles. The number of nitrogens with two attached hydrogens (primary N) is 1. The van der Waals surface area contributed by atoms with E-state index in [1.165, 1.54) is 23.9 Å². The van der Waals surface area contributed by atoms with Crippen molar-refractivity contribution >= 4 is 23.4 Å². The fraction of sp³-hybridized carbons (Fsp3) is 0.462. The van der Waals surface area contributed by atoms with Gasteiger partial charge in [0.25, 0.3) is 0 Å². The van der Waals surface area contributed by atoms with Crippen LogP contribution in [0.4, 0.5) is 10.1 Å². The zero-order valence-electron chi connectivity index (χ0n) is 10.7. The van der Waals surface area contributed by atoms with E-state index in [4.69, 9.17) is 5.73 Å². The number of nitrogen functional groups attached to an aromatic ring is 1. The molecule has 0 aromatic heterocycles. The number of carbonyl (C=O) groups excluding carboxylic acids is 1. The number of thioether (sulfide) groups is 1. The van der Waals surface area contributed by atoms with E-state index in [0.717, 1.165) is 17.7 Å². The summed E-state index contributed by atoms with van der Waals surface area (Å²) in [4.78, 5) is 12.4. The van der Waals surface area contributed by atoms with E-state index in [-0.39, 0.29) is 17.8 Å². The van der Waals surface area contributed by atoms with E-state index in [1.54, 1.807) is 6.07 Å². The van der Waals surface area contributed by atoms with Crippen LogP contribution in [0.3, 0.4) is 0 Å². The van der Waals surface area contributed by atoms with Crippen LogP contribution in [0.2, 0.25) is 0 Å². The minimum absolute atomic E-state index is 0.0234. The Bertz CT molecular complexity index is 412. The maximum Gasteiger partial charge on any atom is 0.230 e. The fourth-order valence-electron chi connectivity index (χ4n) is 1.62. The average molecular weight is 270 g/mol. The lowest BCUT2D eigenvalue weighted by molar-refractivity contribution is -0.119. The molecular weight excluding hydrogens is 251 g/mol. The largest absolute Gasteiger partial charge is 0.398 e. The van der Waals surface area contributed by atoms with Gasteiger partial charge in [0.15, 0.2) is 0 Å². The Morgan fingerprint density at radius 3 is 2.89 bits per heavy atom. The number of carbonyl (C=O) groups is 1. The molecule has 1 aromatic carbocycles. The number of benzene rings is 1. The number of amides is 1. The van der Waals surface area contributed by atoms with Crippen molar-refractivity contribution in [3.63, 3.8) is 0 Å². The van der Waals surface area contributed by atoms with Gasteiger partial charge in [-0.2, -0.15) is 0 Å². The standard InChI is InChI=1S/C13H19FN2OS/c1-3-4-9(2)16-13(17)8-18-12-6-5-10(14)7-11(12)15/h5-7,9H,3-4,8,15H2,1-2H3,(H,16,17). The summed E-state index contributed by atoms with van der Waals surface area (Å²) in [6, 6.07) is 4.39. The van der Waals surface area contributed by atoms with Crippen molar-refractivity contribution in [1.82, 2.24) is 5.32 Å². The molecule has 1 aromatic rings. The van der Waals surface area contributed by atoms with Crippen molar-refractivity contribution in [3.8, 4) is 0 Å². The second-order valence-electron chi connectivity index (χ2n) is 4.23. The SMILES string of the molecule is CCCC(C)NC(=O)CSc1ccc(F)cc1N. The Labute approximate surface area is 111 Å². The summed E-state index contributed by atoms with van der Waals surface area (Å²) in [6.07, 6.45) is 2.01. The van der Waals surface area contributed by atoms with Crippen molar-refractivity contribution in [2.45, 2.75) is 37.6 Å². The Hall–Kier alpha value is -1.23. The molecule has 18 heavy (non-hydrogen) atoms. The molecular formula is C13H19FN2OS. The highest BCUT2D eigenvalue weighted by Crippen LogP contribution is 2.25. The third-order valence-corrected chi connectivity index (χ3v) is 3.55. The molecule has 0 saturated heterocycles. The van der Waals surface area contributed by atoms with Crippen LogP contribution >= 0.6 is 11.8 Å². The first-order chi connectivity index (χ1) is 8.52. The number of rotatable bonds is 6. The molecule has 1 unspecified atom stereocenters.